The quantitative estimate of drug-likeness (QED) is 0.747. The molecule has 5 heteroatoms. The Hall–Kier alpha value is -1.33. The summed E-state index contributed by atoms with van der Waals surface area (Å²) in [6.07, 6.45) is 0. The van der Waals surface area contributed by atoms with E-state index < -0.39 is 7.12 Å². The number of nitrogens with zero attached hydrogens (tertiary/aromatic N) is 1. The van der Waals surface area contributed by atoms with Crippen LogP contribution in [0.1, 0.15) is 57.5 Å². The Kier molecular flexibility index (Phi) is 3.08. The van der Waals surface area contributed by atoms with Gasteiger partial charge in [0.25, 0.3) is 5.91 Å². The zero-order valence-corrected chi connectivity index (χ0v) is 14.5. The number of hydrogen-bond acceptors (Lipinski definition) is 3. The first kappa shape index (κ1) is 15.6. The van der Waals surface area contributed by atoms with Crippen LogP contribution in [0.25, 0.3) is 0 Å². The summed E-state index contributed by atoms with van der Waals surface area (Å²) in [5.74, 6) is 0.0540. The number of fused-ring (bicyclic) bond motifs is 1. The molecule has 3 rings (SSSR count). The monoisotopic (exact) mass is 301 g/mol. The average molecular weight is 301 g/mol. The van der Waals surface area contributed by atoms with Gasteiger partial charge in [0.1, 0.15) is 0 Å². The van der Waals surface area contributed by atoms with Crippen molar-refractivity contribution < 1.29 is 14.1 Å². The van der Waals surface area contributed by atoms with Crippen LogP contribution in [0.3, 0.4) is 0 Å². The second-order valence-electron chi connectivity index (χ2n) is 7.82. The summed E-state index contributed by atoms with van der Waals surface area (Å²) in [4.78, 5) is 14.3. The van der Waals surface area contributed by atoms with Gasteiger partial charge >= 0.3 is 7.12 Å². The molecule has 0 bridgehead atoms. The first-order chi connectivity index (χ1) is 9.97. The van der Waals surface area contributed by atoms with Crippen molar-refractivity contribution in [3.8, 4) is 0 Å². The number of hydrogen-bond donors (Lipinski definition) is 0. The molecule has 1 aromatic carbocycles. The fourth-order valence-electron chi connectivity index (χ4n) is 3.01. The predicted octanol–water partition coefficient (Wildman–Crippen LogP) is 2.31. The van der Waals surface area contributed by atoms with E-state index in [9.17, 15) is 4.79 Å². The van der Waals surface area contributed by atoms with Crippen LogP contribution in [0.2, 0.25) is 0 Å². The molecule has 0 saturated carbocycles. The normalized spacial score (nSPS) is 24.8. The van der Waals surface area contributed by atoms with Crippen molar-refractivity contribution in [1.29, 1.82) is 0 Å². The first-order valence-electron chi connectivity index (χ1n) is 7.75. The van der Waals surface area contributed by atoms with Gasteiger partial charge in [-0.25, -0.2) is 0 Å². The van der Waals surface area contributed by atoms with Gasteiger partial charge < -0.3 is 14.2 Å². The van der Waals surface area contributed by atoms with Gasteiger partial charge in [0.2, 0.25) is 0 Å². The lowest BCUT2D eigenvalue weighted by atomic mass is 9.77. The maximum absolute atomic E-state index is 12.5. The van der Waals surface area contributed by atoms with Crippen LogP contribution in [0.4, 0.5) is 0 Å². The molecular formula is C17H24BNO3. The molecule has 118 valence electrons. The smallest absolute Gasteiger partial charge is 0.399 e. The highest BCUT2D eigenvalue weighted by Crippen LogP contribution is 2.39. The maximum Gasteiger partial charge on any atom is 0.494 e. The largest absolute Gasteiger partial charge is 0.494 e. The number of rotatable bonds is 1. The third-order valence-electron chi connectivity index (χ3n) is 5.60. The highest BCUT2D eigenvalue weighted by Gasteiger charge is 2.52. The fraction of sp³-hybridized carbons (Fsp3) is 0.588. The van der Waals surface area contributed by atoms with Gasteiger partial charge in [-0.2, -0.15) is 0 Å². The van der Waals surface area contributed by atoms with Crippen LogP contribution in [-0.4, -0.2) is 36.2 Å². The van der Waals surface area contributed by atoms with Crippen molar-refractivity contribution in [1.82, 2.24) is 4.90 Å². The minimum Gasteiger partial charge on any atom is -0.399 e. The highest BCUT2D eigenvalue weighted by atomic mass is 16.7. The summed E-state index contributed by atoms with van der Waals surface area (Å²) < 4.78 is 12.2. The summed E-state index contributed by atoms with van der Waals surface area (Å²) >= 11 is 0. The standard InChI is InChI=1S/C17H24BNO3/c1-15(2)13-9-8-11(10-12(13)14(20)19(15)7)18-21-16(3,4)17(5,6)22-18/h8-10H,1-7H3. The van der Waals surface area contributed by atoms with Crippen molar-refractivity contribution in [2.24, 2.45) is 0 Å². The molecule has 0 radical (unpaired) electrons. The minimum atomic E-state index is -0.433. The third-order valence-corrected chi connectivity index (χ3v) is 5.60. The van der Waals surface area contributed by atoms with E-state index in [1.807, 2.05) is 52.9 Å². The Balaban J connectivity index is 1.99. The van der Waals surface area contributed by atoms with Gasteiger partial charge in [-0.1, -0.05) is 12.1 Å². The van der Waals surface area contributed by atoms with Gasteiger partial charge in [0.05, 0.1) is 16.7 Å². The van der Waals surface area contributed by atoms with E-state index in [-0.39, 0.29) is 22.6 Å². The number of amides is 1. The van der Waals surface area contributed by atoms with Crippen LogP contribution < -0.4 is 5.46 Å². The Morgan fingerprint density at radius 1 is 1.00 bits per heavy atom. The lowest BCUT2D eigenvalue weighted by Crippen LogP contribution is -2.41. The lowest BCUT2D eigenvalue weighted by Gasteiger charge is -2.32. The third kappa shape index (κ3) is 1.95. The van der Waals surface area contributed by atoms with Gasteiger partial charge in [-0.05, 0) is 58.6 Å². The first-order valence-corrected chi connectivity index (χ1v) is 7.75. The van der Waals surface area contributed by atoms with Crippen molar-refractivity contribution in [2.75, 3.05) is 7.05 Å². The van der Waals surface area contributed by atoms with Crippen molar-refractivity contribution in [3.63, 3.8) is 0 Å². The van der Waals surface area contributed by atoms with Crippen LogP contribution in [-0.2, 0) is 14.8 Å². The molecule has 2 aliphatic rings. The van der Waals surface area contributed by atoms with E-state index >= 15 is 0 Å². The molecule has 4 nitrogen and oxygen atoms in total. The molecule has 1 aromatic rings. The second-order valence-corrected chi connectivity index (χ2v) is 7.82. The molecule has 0 aromatic heterocycles. The maximum atomic E-state index is 12.5. The summed E-state index contributed by atoms with van der Waals surface area (Å²) in [5.41, 5.74) is 1.67. The molecule has 0 atom stereocenters. The number of benzene rings is 1. The molecule has 1 fully saturated rings. The molecule has 0 spiro atoms. The lowest BCUT2D eigenvalue weighted by molar-refractivity contribution is 0.00578. The van der Waals surface area contributed by atoms with Crippen LogP contribution in [0.15, 0.2) is 18.2 Å². The van der Waals surface area contributed by atoms with E-state index in [1.165, 1.54) is 0 Å². The molecule has 1 amide bonds. The Bertz CT molecular complexity index is 635. The molecule has 2 aliphatic heterocycles. The van der Waals surface area contributed by atoms with E-state index in [2.05, 4.69) is 13.8 Å². The van der Waals surface area contributed by atoms with Crippen molar-refractivity contribution in [2.45, 2.75) is 58.3 Å². The van der Waals surface area contributed by atoms with Gasteiger partial charge in [-0.15, -0.1) is 0 Å². The van der Waals surface area contributed by atoms with Gasteiger partial charge in [0, 0.05) is 12.6 Å². The molecule has 2 heterocycles. The van der Waals surface area contributed by atoms with Crippen LogP contribution in [0.5, 0.6) is 0 Å². The average Bonchev–Trinajstić information content (AvgIpc) is 2.73. The Morgan fingerprint density at radius 2 is 1.55 bits per heavy atom. The summed E-state index contributed by atoms with van der Waals surface area (Å²) in [5, 5.41) is 0. The van der Waals surface area contributed by atoms with Gasteiger partial charge in [-0.3, -0.25) is 4.79 Å². The predicted molar refractivity (Wildman–Crippen MR) is 87.3 cm³/mol. The Morgan fingerprint density at radius 3 is 2.09 bits per heavy atom. The summed E-state index contributed by atoms with van der Waals surface area (Å²) in [6.45, 7) is 12.2. The molecule has 22 heavy (non-hydrogen) atoms. The molecule has 0 unspecified atom stereocenters. The zero-order chi connectivity index (χ0) is 16.5. The van der Waals surface area contributed by atoms with E-state index in [4.69, 9.17) is 9.31 Å². The van der Waals surface area contributed by atoms with Gasteiger partial charge in [0.15, 0.2) is 0 Å². The molecule has 1 saturated heterocycles. The van der Waals surface area contributed by atoms with Crippen molar-refractivity contribution in [3.05, 3.63) is 29.3 Å². The van der Waals surface area contributed by atoms with Crippen LogP contribution in [0, 0.1) is 0 Å². The molecule has 0 N–H and O–H groups in total. The summed E-state index contributed by atoms with van der Waals surface area (Å²) in [7, 11) is 1.41. The second kappa shape index (κ2) is 4.36. The fourth-order valence-corrected chi connectivity index (χ4v) is 3.01. The topological polar surface area (TPSA) is 38.8 Å². The molecular weight excluding hydrogens is 277 g/mol. The van der Waals surface area contributed by atoms with E-state index in [0.717, 1.165) is 16.6 Å². The SMILES string of the molecule is CN1C(=O)c2cc(B3OC(C)(C)C(C)(C)O3)ccc2C1(C)C. The van der Waals surface area contributed by atoms with Crippen molar-refractivity contribution >= 4 is 18.5 Å². The number of carbonyl (C=O) groups excluding carboxylic acids is 1. The Labute approximate surface area is 132 Å². The van der Waals surface area contributed by atoms with E-state index in [0.29, 0.717) is 0 Å². The highest BCUT2D eigenvalue weighted by molar-refractivity contribution is 6.62. The van der Waals surface area contributed by atoms with E-state index in [1.54, 1.807) is 4.90 Å². The zero-order valence-electron chi connectivity index (χ0n) is 14.5. The number of carbonyl (C=O) groups is 1. The molecule has 0 aliphatic carbocycles. The van der Waals surface area contributed by atoms with Crippen LogP contribution >= 0.6 is 0 Å². The minimum absolute atomic E-state index is 0.0540. The summed E-state index contributed by atoms with van der Waals surface area (Å²) in [6, 6.07) is 5.96.